The first-order valence-corrected chi connectivity index (χ1v) is 6.84. The van der Waals surface area contributed by atoms with Crippen LogP contribution >= 0.6 is 0 Å². The summed E-state index contributed by atoms with van der Waals surface area (Å²) in [5, 5.41) is 0. The van der Waals surface area contributed by atoms with Gasteiger partial charge in [-0.1, -0.05) is 54.6 Å². The van der Waals surface area contributed by atoms with Crippen LogP contribution in [0, 0.1) is 6.92 Å². The zero-order valence-electron chi connectivity index (χ0n) is 11.5. The molecule has 100 valence electrons. The number of hydrogen-bond acceptors (Lipinski definition) is 2. The molecule has 0 saturated carbocycles. The van der Waals surface area contributed by atoms with Crippen molar-refractivity contribution in [1.82, 2.24) is 5.43 Å². The van der Waals surface area contributed by atoms with E-state index < -0.39 is 0 Å². The molecular weight excluding hydrogens is 232 g/mol. The van der Waals surface area contributed by atoms with E-state index in [0.717, 1.165) is 19.3 Å². The van der Waals surface area contributed by atoms with Crippen LogP contribution in [0.2, 0.25) is 0 Å². The second-order valence-corrected chi connectivity index (χ2v) is 5.02. The lowest BCUT2D eigenvalue weighted by Crippen LogP contribution is -2.37. The van der Waals surface area contributed by atoms with Gasteiger partial charge in [-0.15, -0.1) is 0 Å². The maximum atomic E-state index is 5.67. The summed E-state index contributed by atoms with van der Waals surface area (Å²) in [7, 11) is 0. The van der Waals surface area contributed by atoms with Crippen molar-refractivity contribution in [3.8, 4) is 0 Å². The predicted octanol–water partition coefficient (Wildman–Crippen LogP) is 3.00. The normalized spacial score (nSPS) is 12.3. The fraction of sp³-hybridized carbons (Fsp3) is 0.294. The largest absolute Gasteiger partial charge is 0.271 e. The maximum Gasteiger partial charge on any atom is 0.0254 e. The third-order valence-electron chi connectivity index (χ3n) is 3.58. The highest BCUT2D eigenvalue weighted by molar-refractivity contribution is 5.25. The van der Waals surface area contributed by atoms with E-state index >= 15 is 0 Å². The number of nitrogens with one attached hydrogen (secondary N) is 1. The smallest absolute Gasteiger partial charge is 0.0254 e. The van der Waals surface area contributed by atoms with Crippen molar-refractivity contribution in [1.29, 1.82) is 0 Å². The third-order valence-corrected chi connectivity index (χ3v) is 3.58. The van der Waals surface area contributed by atoms with Gasteiger partial charge in [0, 0.05) is 6.04 Å². The molecule has 2 rings (SSSR count). The first kappa shape index (κ1) is 13.8. The summed E-state index contributed by atoms with van der Waals surface area (Å²) < 4.78 is 0. The Kier molecular flexibility index (Phi) is 5.13. The second-order valence-electron chi connectivity index (χ2n) is 5.02. The van der Waals surface area contributed by atoms with Crippen LogP contribution in [0.25, 0.3) is 0 Å². The van der Waals surface area contributed by atoms with E-state index in [0.29, 0.717) is 6.04 Å². The van der Waals surface area contributed by atoms with Gasteiger partial charge in [-0.2, -0.15) is 0 Å². The molecule has 3 N–H and O–H groups in total. The van der Waals surface area contributed by atoms with Crippen LogP contribution in [0.4, 0.5) is 0 Å². The summed E-state index contributed by atoms with van der Waals surface area (Å²) in [5.41, 5.74) is 7.04. The molecule has 0 amide bonds. The summed E-state index contributed by atoms with van der Waals surface area (Å²) in [6, 6.07) is 19.4. The number of hydrogen-bond donors (Lipinski definition) is 2. The molecule has 1 atom stereocenters. The molecular formula is C17H22N2. The highest BCUT2D eigenvalue weighted by Gasteiger charge is 2.08. The van der Waals surface area contributed by atoms with Gasteiger partial charge in [-0.05, 0) is 42.9 Å². The summed E-state index contributed by atoms with van der Waals surface area (Å²) in [6.07, 6.45) is 3.09. The van der Waals surface area contributed by atoms with Crippen LogP contribution in [0.5, 0.6) is 0 Å². The Bertz CT molecular complexity index is 494. The molecule has 0 heterocycles. The summed E-state index contributed by atoms with van der Waals surface area (Å²) in [5.74, 6) is 5.67. The molecule has 0 saturated heterocycles. The number of hydrazine groups is 1. The number of aryl methyl sites for hydroxylation is 2. The molecule has 2 heteroatoms. The Morgan fingerprint density at radius 1 is 1.00 bits per heavy atom. The van der Waals surface area contributed by atoms with E-state index in [1.807, 2.05) is 6.07 Å². The van der Waals surface area contributed by atoms with Crippen molar-refractivity contribution in [2.45, 2.75) is 32.2 Å². The quantitative estimate of drug-likeness (QED) is 0.614. The van der Waals surface area contributed by atoms with E-state index in [4.69, 9.17) is 5.84 Å². The Labute approximate surface area is 115 Å². The highest BCUT2D eigenvalue weighted by atomic mass is 15.2. The van der Waals surface area contributed by atoms with Gasteiger partial charge < -0.3 is 0 Å². The van der Waals surface area contributed by atoms with Crippen LogP contribution in [0.3, 0.4) is 0 Å². The Balaban J connectivity index is 1.91. The number of nitrogens with two attached hydrogens (primary N) is 1. The third kappa shape index (κ3) is 4.19. The molecule has 0 fully saturated rings. The zero-order valence-corrected chi connectivity index (χ0v) is 11.5. The van der Waals surface area contributed by atoms with Crippen molar-refractivity contribution in [2.75, 3.05) is 0 Å². The second kappa shape index (κ2) is 7.07. The molecule has 0 radical (unpaired) electrons. The van der Waals surface area contributed by atoms with Gasteiger partial charge >= 0.3 is 0 Å². The van der Waals surface area contributed by atoms with E-state index in [9.17, 15) is 0 Å². The molecule has 0 bridgehead atoms. The molecule has 0 aliphatic rings. The SMILES string of the molecule is Cc1ccccc1CCC(Cc1ccccc1)NN. The molecule has 1 unspecified atom stereocenters. The molecule has 2 aromatic rings. The molecule has 0 spiro atoms. The molecule has 2 nitrogen and oxygen atoms in total. The van der Waals surface area contributed by atoms with E-state index in [1.54, 1.807) is 0 Å². The van der Waals surface area contributed by atoms with Crippen LogP contribution in [0.15, 0.2) is 54.6 Å². The fourth-order valence-corrected chi connectivity index (χ4v) is 2.36. The van der Waals surface area contributed by atoms with E-state index in [2.05, 4.69) is 60.9 Å². The fourth-order valence-electron chi connectivity index (χ4n) is 2.36. The molecule has 19 heavy (non-hydrogen) atoms. The zero-order chi connectivity index (χ0) is 13.5. The first-order valence-electron chi connectivity index (χ1n) is 6.84. The van der Waals surface area contributed by atoms with Gasteiger partial charge in [0.2, 0.25) is 0 Å². The monoisotopic (exact) mass is 254 g/mol. The lowest BCUT2D eigenvalue weighted by atomic mass is 9.97. The van der Waals surface area contributed by atoms with E-state index in [1.165, 1.54) is 16.7 Å². The molecule has 0 aromatic heterocycles. The number of benzene rings is 2. The lowest BCUT2D eigenvalue weighted by Gasteiger charge is -2.16. The maximum absolute atomic E-state index is 5.67. The van der Waals surface area contributed by atoms with Crippen molar-refractivity contribution < 1.29 is 0 Å². The van der Waals surface area contributed by atoms with Gasteiger partial charge in [0.15, 0.2) is 0 Å². The minimum atomic E-state index is 0.321. The highest BCUT2D eigenvalue weighted by Crippen LogP contribution is 2.12. The van der Waals surface area contributed by atoms with Crippen LogP contribution in [-0.2, 0) is 12.8 Å². The van der Waals surface area contributed by atoms with Crippen molar-refractivity contribution in [3.63, 3.8) is 0 Å². The van der Waals surface area contributed by atoms with Gasteiger partial charge in [-0.25, -0.2) is 0 Å². The standard InChI is InChI=1S/C17H22N2/c1-14-7-5-6-10-16(14)11-12-17(19-18)13-15-8-3-2-4-9-15/h2-10,17,19H,11-13,18H2,1H3. The van der Waals surface area contributed by atoms with Gasteiger partial charge in [0.05, 0.1) is 0 Å². The van der Waals surface area contributed by atoms with Crippen molar-refractivity contribution in [2.24, 2.45) is 5.84 Å². The Morgan fingerprint density at radius 2 is 1.68 bits per heavy atom. The Hall–Kier alpha value is -1.64. The molecule has 2 aromatic carbocycles. The van der Waals surface area contributed by atoms with Gasteiger partial charge in [0.25, 0.3) is 0 Å². The minimum Gasteiger partial charge on any atom is -0.271 e. The van der Waals surface area contributed by atoms with Crippen LogP contribution in [-0.4, -0.2) is 6.04 Å². The first-order chi connectivity index (χ1) is 9.29. The van der Waals surface area contributed by atoms with Crippen LogP contribution < -0.4 is 11.3 Å². The lowest BCUT2D eigenvalue weighted by molar-refractivity contribution is 0.491. The molecule has 0 aliphatic heterocycles. The minimum absolute atomic E-state index is 0.321. The number of rotatable bonds is 6. The van der Waals surface area contributed by atoms with E-state index in [-0.39, 0.29) is 0 Å². The van der Waals surface area contributed by atoms with Gasteiger partial charge in [-0.3, -0.25) is 11.3 Å². The van der Waals surface area contributed by atoms with Crippen LogP contribution in [0.1, 0.15) is 23.1 Å². The Morgan fingerprint density at radius 3 is 2.37 bits per heavy atom. The van der Waals surface area contributed by atoms with Gasteiger partial charge in [0.1, 0.15) is 0 Å². The van der Waals surface area contributed by atoms with Crippen molar-refractivity contribution in [3.05, 3.63) is 71.3 Å². The predicted molar refractivity (Wildman–Crippen MR) is 80.8 cm³/mol. The summed E-state index contributed by atoms with van der Waals surface area (Å²) in [6.45, 7) is 2.16. The van der Waals surface area contributed by atoms with Crippen molar-refractivity contribution >= 4 is 0 Å². The average molecular weight is 254 g/mol. The average Bonchev–Trinajstić information content (AvgIpc) is 2.46. The summed E-state index contributed by atoms with van der Waals surface area (Å²) in [4.78, 5) is 0. The topological polar surface area (TPSA) is 38.0 Å². The molecule has 0 aliphatic carbocycles. The summed E-state index contributed by atoms with van der Waals surface area (Å²) >= 11 is 0.